The van der Waals surface area contributed by atoms with E-state index < -0.39 is 0 Å². The van der Waals surface area contributed by atoms with Crippen LogP contribution in [0.4, 0.5) is 5.69 Å². The molecule has 0 radical (unpaired) electrons. The van der Waals surface area contributed by atoms with Crippen LogP contribution in [0.1, 0.15) is 62.4 Å². The first-order valence-corrected chi connectivity index (χ1v) is 9.65. The number of halogens is 1. The summed E-state index contributed by atoms with van der Waals surface area (Å²) in [6, 6.07) is 15.9. The number of anilines is 1. The number of benzene rings is 2. The number of hydrogen-bond donors (Lipinski definition) is 1. The monoisotopic (exact) mass is 387 g/mol. The van der Waals surface area contributed by atoms with Crippen molar-refractivity contribution in [2.75, 3.05) is 11.4 Å². The summed E-state index contributed by atoms with van der Waals surface area (Å²) in [5.74, 6) is 0.434. The second kappa shape index (κ2) is 8.79. The maximum absolute atomic E-state index is 12.2. The van der Waals surface area contributed by atoms with Crippen molar-refractivity contribution < 1.29 is 9.90 Å². The van der Waals surface area contributed by atoms with Crippen LogP contribution in [0.5, 0.6) is 5.75 Å². The zero-order valence-electron chi connectivity index (χ0n) is 16.4. The van der Waals surface area contributed by atoms with Crippen LogP contribution in [0.15, 0.2) is 48.5 Å². The number of Topliss-reactive ketones (excluding diaryl/α,β-unsaturated/α-hetero) is 1. The van der Waals surface area contributed by atoms with E-state index in [1.54, 1.807) is 13.0 Å². The highest BCUT2D eigenvalue weighted by molar-refractivity contribution is 5.99. The molecule has 1 N–H and O–H groups in total. The summed E-state index contributed by atoms with van der Waals surface area (Å²) in [6.45, 7) is 7.09. The molecule has 2 aromatic rings. The van der Waals surface area contributed by atoms with Gasteiger partial charge in [-0.15, -0.1) is 12.4 Å². The summed E-state index contributed by atoms with van der Waals surface area (Å²) >= 11 is 0. The van der Waals surface area contributed by atoms with Crippen LogP contribution < -0.4 is 4.90 Å². The van der Waals surface area contributed by atoms with Gasteiger partial charge in [0.05, 0.1) is 0 Å². The van der Waals surface area contributed by atoms with Gasteiger partial charge in [0.25, 0.3) is 0 Å². The van der Waals surface area contributed by atoms with E-state index in [9.17, 15) is 9.90 Å². The second-order valence-corrected chi connectivity index (χ2v) is 7.50. The maximum atomic E-state index is 12.2. The van der Waals surface area contributed by atoms with Gasteiger partial charge in [-0.2, -0.15) is 0 Å². The van der Waals surface area contributed by atoms with Gasteiger partial charge in [0.1, 0.15) is 5.75 Å². The summed E-state index contributed by atoms with van der Waals surface area (Å²) in [5.41, 5.74) is 3.02. The van der Waals surface area contributed by atoms with Crippen LogP contribution in [0, 0.1) is 0 Å². The quantitative estimate of drug-likeness (QED) is 0.664. The Kier molecular flexibility index (Phi) is 6.94. The standard InChI is InChI=1S/C23H29NO2.ClH/c1-4-13-23(19-9-7-10-20(26)16-19)14-8-15-24(18(23)3)22-12-6-5-11-21(22)17(2)25;/h5-7,9-12,16,18,26H,4,8,13-15H2,1-3H3;1H. The lowest BCUT2D eigenvalue weighted by Gasteiger charge is -2.50. The number of ketones is 1. The zero-order chi connectivity index (χ0) is 18.7. The van der Waals surface area contributed by atoms with Gasteiger partial charge in [-0.3, -0.25) is 4.79 Å². The van der Waals surface area contributed by atoms with Crippen LogP contribution in [0.3, 0.4) is 0 Å². The molecule has 1 saturated heterocycles. The fourth-order valence-corrected chi connectivity index (χ4v) is 4.74. The molecule has 0 saturated carbocycles. The fourth-order valence-electron chi connectivity index (χ4n) is 4.74. The molecule has 4 heteroatoms. The average molecular weight is 388 g/mol. The molecular formula is C23H30ClNO2. The number of carbonyl (C=O) groups excluding carboxylic acids is 1. The number of hydrogen-bond acceptors (Lipinski definition) is 3. The molecule has 27 heavy (non-hydrogen) atoms. The molecular weight excluding hydrogens is 358 g/mol. The Morgan fingerprint density at radius 3 is 2.63 bits per heavy atom. The molecule has 146 valence electrons. The van der Waals surface area contributed by atoms with E-state index in [2.05, 4.69) is 30.9 Å². The van der Waals surface area contributed by atoms with Gasteiger partial charge in [-0.05, 0) is 62.9 Å². The smallest absolute Gasteiger partial charge is 0.161 e. The molecule has 0 amide bonds. The number of piperidine rings is 1. The van der Waals surface area contributed by atoms with E-state index in [0.717, 1.165) is 43.5 Å². The first kappa shape index (κ1) is 21.3. The molecule has 2 aromatic carbocycles. The van der Waals surface area contributed by atoms with Crippen LogP contribution in [0.2, 0.25) is 0 Å². The third-order valence-corrected chi connectivity index (χ3v) is 6.00. The third kappa shape index (κ3) is 3.98. The topological polar surface area (TPSA) is 40.5 Å². The first-order chi connectivity index (χ1) is 12.5. The predicted molar refractivity (Wildman–Crippen MR) is 114 cm³/mol. The van der Waals surface area contributed by atoms with Gasteiger partial charge in [-0.1, -0.05) is 37.6 Å². The van der Waals surface area contributed by atoms with Crippen LogP contribution in [-0.2, 0) is 5.41 Å². The van der Waals surface area contributed by atoms with Crippen LogP contribution in [0.25, 0.3) is 0 Å². The molecule has 0 aromatic heterocycles. The fraction of sp³-hybridized carbons (Fsp3) is 0.435. The van der Waals surface area contributed by atoms with Crippen molar-refractivity contribution in [3.8, 4) is 5.75 Å². The summed E-state index contributed by atoms with van der Waals surface area (Å²) in [6.07, 6.45) is 4.33. The van der Waals surface area contributed by atoms with E-state index in [1.165, 1.54) is 5.56 Å². The van der Waals surface area contributed by atoms with E-state index in [1.807, 2.05) is 30.3 Å². The molecule has 1 fully saturated rings. The summed E-state index contributed by atoms with van der Waals surface area (Å²) in [5, 5.41) is 10.1. The third-order valence-electron chi connectivity index (χ3n) is 6.00. The number of aromatic hydroxyl groups is 1. The van der Waals surface area contributed by atoms with Crippen molar-refractivity contribution in [1.29, 1.82) is 0 Å². The highest BCUT2D eigenvalue weighted by Gasteiger charge is 2.43. The van der Waals surface area contributed by atoms with Crippen LogP contribution >= 0.6 is 12.4 Å². The number of para-hydroxylation sites is 1. The lowest BCUT2D eigenvalue weighted by molar-refractivity contribution is 0.101. The Morgan fingerprint density at radius 1 is 1.22 bits per heavy atom. The van der Waals surface area contributed by atoms with Gasteiger partial charge < -0.3 is 10.0 Å². The molecule has 0 aliphatic carbocycles. The Morgan fingerprint density at radius 2 is 1.96 bits per heavy atom. The zero-order valence-corrected chi connectivity index (χ0v) is 17.3. The predicted octanol–water partition coefficient (Wildman–Crippen LogP) is 5.74. The highest BCUT2D eigenvalue weighted by atomic mass is 35.5. The van der Waals surface area contributed by atoms with Crippen molar-refractivity contribution in [2.45, 2.75) is 57.9 Å². The Labute approximate surface area is 168 Å². The minimum atomic E-state index is -0.0182. The lowest BCUT2D eigenvalue weighted by Crippen LogP contribution is -2.54. The van der Waals surface area contributed by atoms with Crippen molar-refractivity contribution in [3.05, 3.63) is 59.7 Å². The number of phenols is 1. The molecule has 0 bridgehead atoms. The summed E-state index contributed by atoms with van der Waals surface area (Å²) < 4.78 is 0. The van der Waals surface area contributed by atoms with Crippen molar-refractivity contribution in [2.24, 2.45) is 0 Å². The molecule has 1 aliphatic rings. The van der Waals surface area contributed by atoms with E-state index in [-0.39, 0.29) is 29.6 Å². The number of nitrogens with zero attached hydrogens (tertiary/aromatic N) is 1. The van der Waals surface area contributed by atoms with Gasteiger partial charge in [0, 0.05) is 29.3 Å². The second-order valence-electron chi connectivity index (χ2n) is 7.50. The number of phenolic OH excluding ortho intramolecular Hbond substituents is 1. The number of rotatable bonds is 5. The van der Waals surface area contributed by atoms with E-state index in [0.29, 0.717) is 5.75 Å². The van der Waals surface area contributed by atoms with Gasteiger partial charge in [0.15, 0.2) is 5.78 Å². The van der Waals surface area contributed by atoms with E-state index >= 15 is 0 Å². The van der Waals surface area contributed by atoms with Gasteiger partial charge in [0.2, 0.25) is 0 Å². The van der Waals surface area contributed by atoms with Gasteiger partial charge in [-0.25, -0.2) is 0 Å². The molecule has 3 rings (SSSR count). The van der Waals surface area contributed by atoms with Crippen molar-refractivity contribution >= 4 is 23.9 Å². The molecule has 3 nitrogen and oxygen atoms in total. The molecule has 2 unspecified atom stereocenters. The Hall–Kier alpha value is -2.00. The molecule has 1 heterocycles. The average Bonchev–Trinajstić information content (AvgIpc) is 2.63. The lowest BCUT2D eigenvalue weighted by atomic mass is 9.66. The normalized spacial score (nSPS) is 22.2. The summed E-state index contributed by atoms with van der Waals surface area (Å²) in [4.78, 5) is 14.6. The highest BCUT2D eigenvalue weighted by Crippen LogP contribution is 2.45. The van der Waals surface area contributed by atoms with Gasteiger partial charge >= 0.3 is 0 Å². The van der Waals surface area contributed by atoms with Crippen LogP contribution in [-0.4, -0.2) is 23.5 Å². The Bertz CT molecular complexity index is 787. The molecule has 2 atom stereocenters. The van der Waals surface area contributed by atoms with Crippen molar-refractivity contribution in [1.82, 2.24) is 0 Å². The maximum Gasteiger partial charge on any atom is 0.161 e. The molecule has 0 spiro atoms. The number of carbonyl (C=O) groups is 1. The van der Waals surface area contributed by atoms with Crippen molar-refractivity contribution in [3.63, 3.8) is 0 Å². The minimum absolute atomic E-state index is 0. The minimum Gasteiger partial charge on any atom is -0.508 e. The molecule has 1 aliphatic heterocycles. The SMILES string of the molecule is CCCC1(c2cccc(O)c2)CCCN(c2ccccc2C(C)=O)C1C.Cl. The van der Waals surface area contributed by atoms with E-state index in [4.69, 9.17) is 0 Å². The Balaban J connectivity index is 0.00000261. The largest absolute Gasteiger partial charge is 0.508 e. The summed E-state index contributed by atoms with van der Waals surface area (Å²) in [7, 11) is 0. The first-order valence-electron chi connectivity index (χ1n) is 9.65.